The molecule has 6 nitrogen and oxygen atoms in total. The molecule has 0 bridgehead atoms. The molecule has 118 valence electrons. The molecule has 0 radical (unpaired) electrons. The molecule has 1 heterocycles. The van der Waals surface area contributed by atoms with Gasteiger partial charge >= 0.3 is 0 Å². The quantitative estimate of drug-likeness (QED) is 0.755. The molecule has 0 aromatic rings. The Hall–Kier alpha value is -1.61. The first-order valence-electron chi connectivity index (χ1n) is 7.38. The van der Waals surface area contributed by atoms with Gasteiger partial charge in [-0.1, -0.05) is 13.8 Å². The molecule has 1 unspecified atom stereocenters. The SMILES string of the molecule is CC(C)N1CCC(C#N)(NC(=O)CCC(C)(C)C(N)=O)C1. The summed E-state index contributed by atoms with van der Waals surface area (Å²) in [5, 5.41) is 12.3. The zero-order chi connectivity index (χ0) is 16.3. The fourth-order valence-corrected chi connectivity index (χ4v) is 2.38. The van der Waals surface area contributed by atoms with E-state index in [0.29, 0.717) is 25.4 Å². The molecule has 6 heteroatoms. The monoisotopic (exact) mass is 294 g/mol. The summed E-state index contributed by atoms with van der Waals surface area (Å²) in [6.45, 7) is 8.94. The zero-order valence-electron chi connectivity index (χ0n) is 13.4. The van der Waals surface area contributed by atoms with Crippen LogP contribution in [0.2, 0.25) is 0 Å². The first kappa shape index (κ1) is 17.4. The van der Waals surface area contributed by atoms with Gasteiger partial charge in [0.2, 0.25) is 11.8 Å². The minimum atomic E-state index is -0.807. The minimum Gasteiger partial charge on any atom is -0.369 e. The van der Waals surface area contributed by atoms with Crippen molar-refractivity contribution >= 4 is 11.8 Å². The largest absolute Gasteiger partial charge is 0.369 e. The van der Waals surface area contributed by atoms with Crippen LogP contribution in [0.5, 0.6) is 0 Å². The highest BCUT2D eigenvalue weighted by Crippen LogP contribution is 2.24. The number of rotatable bonds is 6. The molecule has 0 aromatic carbocycles. The number of nitriles is 1. The fraction of sp³-hybridized carbons (Fsp3) is 0.800. The lowest BCUT2D eigenvalue weighted by molar-refractivity contribution is -0.127. The van der Waals surface area contributed by atoms with E-state index in [0.717, 1.165) is 6.54 Å². The van der Waals surface area contributed by atoms with Crippen molar-refractivity contribution in [2.45, 2.75) is 58.5 Å². The van der Waals surface area contributed by atoms with Crippen LogP contribution in [0.25, 0.3) is 0 Å². The smallest absolute Gasteiger partial charge is 0.223 e. The fourth-order valence-electron chi connectivity index (χ4n) is 2.38. The van der Waals surface area contributed by atoms with E-state index in [-0.39, 0.29) is 12.3 Å². The van der Waals surface area contributed by atoms with Crippen molar-refractivity contribution in [2.75, 3.05) is 13.1 Å². The molecule has 0 aliphatic carbocycles. The number of carbonyl (C=O) groups excluding carboxylic acids is 2. The average molecular weight is 294 g/mol. The van der Waals surface area contributed by atoms with Gasteiger partial charge in [-0.3, -0.25) is 14.5 Å². The van der Waals surface area contributed by atoms with Crippen LogP contribution in [0.4, 0.5) is 0 Å². The Morgan fingerprint density at radius 3 is 2.52 bits per heavy atom. The van der Waals surface area contributed by atoms with Crippen LogP contribution >= 0.6 is 0 Å². The third kappa shape index (κ3) is 4.43. The summed E-state index contributed by atoms with van der Waals surface area (Å²) in [5.74, 6) is -0.617. The van der Waals surface area contributed by atoms with Crippen molar-refractivity contribution in [1.82, 2.24) is 10.2 Å². The number of nitrogens with two attached hydrogens (primary N) is 1. The maximum Gasteiger partial charge on any atom is 0.223 e. The standard InChI is InChI=1S/C15H26N4O2/c1-11(2)19-8-7-15(9-16,10-19)18-12(20)5-6-14(3,4)13(17)21/h11H,5-8,10H2,1-4H3,(H2,17,21)(H,18,20). The summed E-state index contributed by atoms with van der Waals surface area (Å²) in [5.41, 5.74) is 3.78. The van der Waals surface area contributed by atoms with Gasteiger partial charge in [0, 0.05) is 31.0 Å². The number of amides is 2. The molecule has 2 amide bonds. The minimum absolute atomic E-state index is 0.195. The van der Waals surface area contributed by atoms with Crippen LogP contribution in [-0.4, -0.2) is 41.4 Å². The van der Waals surface area contributed by atoms with Crippen LogP contribution in [0.15, 0.2) is 0 Å². The highest BCUT2D eigenvalue weighted by atomic mass is 16.2. The maximum absolute atomic E-state index is 12.1. The first-order chi connectivity index (χ1) is 9.62. The van der Waals surface area contributed by atoms with Crippen LogP contribution in [0.3, 0.4) is 0 Å². The molecule has 21 heavy (non-hydrogen) atoms. The number of nitrogens with zero attached hydrogens (tertiary/aromatic N) is 2. The Balaban J connectivity index is 2.58. The number of hydrogen-bond acceptors (Lipinski definition) is 4. The van der Waals surface area contributed by atoms with Gasteiger partial charge in [0.1, 0.15) is 5.54 Å². The van der Waals surface area contributed by atoms with E-state index in [2.05, 4.69) is 30.1 Å². The van der Waals surface area contributed by atoms with Gasteiger partial charge in [-0.2, -0.15) is 5.26 Å². The summed E-state index contributed by atoms with van der Waals surface area (Å²) >= 11 is 0. The number of carbonyl (C=O) groups is 2. The van der Waals surface area contributed by atoms with E-state index < -0.39 is 16.9 Å². The van der Waals surface area contributed by atoms with Gasteiger partial charge in [-0.25, -0.2) is 0 Å². The number of hydrogen-bond donors (Lipinski definition) is 2. The van der Waals surface area contributed by atoms with E-state index in [1.54, 1.807) is 13.8 Å². The van der Waals surface area contributed by atoms with Crippen molar-refractivity contribution in [2.24, 2.45) is 11.1 Å². The third-order valence-corrected chi connectivity index (χ3v) is 4.27. The van der Waals surface area contributed by atoms with Crippen LogP contribution < -0.4 is 11.1 Å². The Labute approximate surface area is 126 Å². The van der Waals surface area contributed by atoms with Gasteiger partial charge in [-0.15, -0.1) is 0 Å². The average Bonchev–Trinajstić information content (AvgIpc) is 2.81. The summed E-state index contributed by atoms with van der Waals surface area (Å²) in [6.07, 6.45) is 1.21. The Morgan fingerprint density at radius 2 is 2.10 bits per heavy atom. The van der Waals surface area contributed by atoms with Gasteiger partial charge < -0.3 is 11.1 Å². The van der Waals surface area contributed by atoms with E-state index in [9.17, 15) is 14.9 Å². The van der Waals surface area contributed by atoms with Gasteiger partial charge in [0.15, 0.2) is 0 Å². The topological polar surface area (TPSA) is 99.2 Å². The molecule has 1 aliphatic heterocycles. The number of likely N-dealkylation sites (tertiary alicyclic amines) is 1. The molecule has 0 saturated carbocycles. The highest BCUT2D eigenvalue weighted by Gasteiger charge is 2.40. The lowest BCUT2D eigenvalue weighted by Crippen LogP contribution is -2.50. The second-order valence-electron chi connectivity index (χ2n) is 6.80. The van der Waals surface area contributed by atoms with Crippen molar-refractivity contribution in [3.63, 3.8) is 0 Å². The van der Waals surface area contributed by atoms with Crippen molar-refractivity contribution in [3.05, 3.63) is 0 Å². The second kappa shape index (κ2) is 6.44. The molecule has 0 spiro atoms. The second-order valence-corrected chi connectivity index (χ2v) is 6.80. The molecule has 1 rings (SSSR count). The van der Waals surface area contributed by atoms with E-state index in [4.69, 9.17) is 5.73 Å². The van der Waals surface area contributed by atoms with Crippen LogP contribution in [0.1, 0.15) is 47.0 Å². The molecule has 1 aliphatic rings. The summed E-state index contributed by atoms with van der Waals surface area (Å²) in [7, 11) is 0. The Bertz CT molecular complexity index is 453. The van der Waals surface area contributed by atoms with Crippen LogP contribution in [0, 0.1) is 16.7 Å². The summed E-state index contributed by atoms with van der Waals surface area (Å²) in [4.78, 5) is 25.5. The van der Waals surface area contributed by atoms with Crippen molar-refractivity contribution < 1.29 is 9.59 Å². The van der Waals surface area contributed by atoms with Crippen molar-refractivity contribution in [1.29, 1.82) is 5.26 Å². The Kier molecular flexibility index (Phi) is 5.35. The third-order valence-electron chi connectivity index (χ3n) is 4.27. The molecular weight excluding hydrogens is 268 g/mol. The maximum atomic E-state index is 12.1. The lowest BCUT2D eigenvalue weighted by atomic mass is 9.87. The van der Waals surface area contributed by atoms with Gasteiger partial charge in [0.25, 0.3) is 0 Å². The molecule has 0 aromatic heterocycles. The predicted octanol–water partition coefficient (Wildman–Crippen LogP) is 0.771. The van der Waals surface area contributed by atoms with E-state index >= 15 is 0 Å². The highest BCUT2D eigenvalue weighted by molar-refractivity contribution is 5.82. The summed E-state index contributed by atoms with van der Waals surface area (Å²) < 4.78 is 0. The summed E-state index contributed by atoms with van der Waals surface area (Å²) in [6, 6.07) is 2.60. The molecule has 1 fully saturated rings. The van der Waals surface area contributed by atoms with Crippen LogP contribution in [-0.2, 0) is 9.59 Å². The van der Waals surface area contributed by atoms with Gasteiger partial charge in [0.05, 0.1) is 6.07 Å². The Morgan fingerprint density at radius 1 is 1.48 bits per heavy atom. The predicted molar refractivity (Wildman–Crippen MR) is 80.0 cm³/mol. The first-order valence-corrected chi connectivity index (χ1v) is 7.38. The molecule has 1 atom stereocenters. The number of primary amides is 1. The molecular formula is C15H26N4O2. The van der Waals surface area contributed by atoms with E-state index in [1.165, 1.54) is 0 Å². The van der Waals surface area contributed by atoms with E-state index in [1.807, 2.05) is 0 Å². The number of nitrogens with one attached hydrogen (secondary N) is 1. The molecule has 3 N–H and O–H groups in total. The zero-order valence-corrected chi connectivity index (χ0v) is 13.4. The lowest BCUT2D eigenvalue weighted by Gasteiger charge is -2.26. The molecule has 1 saturated heterocycles. The normalized spacial score (nSPS) is 23.0. The van der Waals surface area contributed by atoms with Gasteiger partial charge in [-0.05, 0) is 26.7 Å². The van der Waals surface area contributed by atoms with Crippen molar-refractivity contribution in [3.8, 4) is 6.07 Å².